The molecule has 1 aromatic heterocycles. The second-order valence-corrected chi connectivity index (χ2v) is 4.08. The quantitative estimate of drug-likeness (QED) is 0.822. The van der Waals surface area contributed by atoms with Crippen LogP contribution in [0.4, 0.5) is 5.82 Å². The molecule has 0 spiro atoms. The highest BCUT2D eigenvalue weighted by Gasteiger charge is 2.18. The van der Waals surface area contributed by atoms with Crippen LogP contribution in [0, 0.1) is 0 Å². The predicted molar refractivity (Wildman–Crippen MR) is 77.3 cm³/mol. The van der Waals surface area contributed by atoms with Crippen LogP contribution >= 0.6 is 24.8 Å². The van der Waals surface area contributed by atoms with Crippen molar-refractivity contribution >= 4 is 36.6 Å². The lowest BCUT2D eigenvalue weighted by Crippen LogP contribution is -2.40. The number of carbonyl (C=O) groups is 1. The van der Waals surface area contributed by atoms with Crippen LogP contribution < -0.4 is 10.6 Å². The monoisotopic (exact) mass is 308 g/mol. The maximum absolute atomic E-state index is 11.2. The van der Waals surface area contributed by atoms with E-state index < -0.39 is 5.97 Å². The van der Waals surface area contributed by atoms with Gasteiger partial charge in [-0.1, -0.05) is 0 Å². The minimum atomic E-state index is -0.468. The summed E-state index contributed by atoms with van der Waals surface area (Å²) < 4.78 is 4.56. The Hall–Kier alpha value is -1.11. The Morgan fingerprint density at radius 1 is 1.32 bits per heavy atom. The van der Waals surface area contributed by atoms with Gasteiger partial charge in [0.15, 0.2) is 5.69 Å². The molecule has 0 bridgehead atoms. The summed E-state index contributed by atoms with van der Waals surface area (Å²) >= 11 is 0. The number of methoxy groups -OCH3 is 1. The van der Waals surface area contributed by atoms with Crippen molar-refractivity contribution in [3.63, 3.8) is 0 Å². The SMILES string of the molecule is COC(=O)c1cnc(N2CCC(N)CC2)cn1.Cl.Cl. The number of ether oxygens (including phenoxy) is 1. The standard InChI is InChI=1S/C11H16N4O2.2ClH/c1-17-11(16)9-6-14-10(7-13-9)15-4-2-8(12)3-5-15;;/h6-8H,2-5,12H2,1H3;2*1H. The molecule has 0 saturated carbocycles. The molecule has 6 nitrogen and oxygen atoms in total. The predicted octanol–water partition coefficient (Wildman–Crippen LogP) is 1.03. The molecule has 0 amide bonds. The number of hydrogen-bond acceptors (Lipinski definition) is 6. The largest absolute Gasteiger partial charge is 0.464 e. The number of anilines is 1. The van der Waals surface area contributed by atoms with Crippen LogP contribution in [0.1, 0.15) is 23.3 Å². The molecule has 1 aliphatic heterocycles. The molecule has 2 heterocycles. The highest BCUT2D eigenvalue weighted by atomic mass is 35.5. The fourth-order valence-electron chi connectivity index (χ4n) is 1.82. The van der Waals surface area contributed by atoms with Crippen molar-refractivity contribution in [3.05, 3.63) is 18.1 Å². The third kappa shape index (κ3) is 4.49. The zero-order chi connectivity index (χ0) is 12.3. The fourth-order valence-corrected chi connectivity index (χ4v) is 1.82. The van der Waals surface area contributed by atoms with Crippen LogP contribution in [-0.2, 0) is 4.74 Å². The fraction of sp³-hybridized carbons (Fsp3) is 0.545. The van der Waals surface area contributed by atoms with Gasteiger partial charge in [-0.3, -0.25) is 0 Å². The maximum atomic E-state index is 11.2. The third-order valence-corrected chi connectivity index (χ3v) is 2.90. The van der Waals surface area contributed by atoms with Crippen molar-refractivity contribution in [2.45, 2.75) is 18.9 Å². The smallest absolute Gasteiger partial charge is 0.358 e. The first-order valence-corrected chi connectivity index (χ1v) is 5.61. The molecule has 8 heteroatoms. The van der Waals surface area contributed by atoms with E-state index in [0.29, 0.717) is 0 Å². The molecule has 2 rings (SSSR count). The van der Waals surface area contributed by atoms with Gasteiger partial charge in [0.2, 0.25) is 0 Å². The zero-order valence-corrected chi connectivity index (χ0v) is 12.2. The molecule has 1 aromatic rings. The van der Waals surface area contributed by atoms with Crippen molar-refractivity contribution in [1.29, 1.82) is 0 Å². The summed E-state index contributed by atoms with van der Waals surface area (Å²) in [6.45, 7) is 1.76. The first kappa shape index (κ1) is 17.9. The normalized spacial score (nSPS) is 15.2. The summed E-state index contributed by atoms with van der Waals surface area (Å²) in [6.07, 6.45) is 4.96. The van der Waals surface area contributed by atoms with Gasteiger partial charge in [0, 0.05) is 19.1 Å². The van der Waals surface area contributed by atoms with Gasteiger partial charge in [0.1, 0.15) is 5.82 Å². The van der Waals surface area contributed by atoms with E-state index in [4.69, 9.17) is 5.73 Å². The van der Waals surface area contributed by atoms with Crippen molar-refractivity contribution in [3.8, 4) is 0 Å². The van der Waals surface area contributed by atoms with Gasteiger partial charge < -0.3 is 15.4 Å². The van der Waals surface area contributed by atoms with Crippen LogP contribution in [0.3, 0.4) is 0 Å². The Morgan fingerprint density at radius 2 is 1.95 bits per heavy atom. The number of rotatable bonds is 2. The van der Waals surface area contributed by atoms with E-state index in [1.54, 1.807) is 6.20 Å². The molecule has 108 valence electrons. The van der Waals surface area contributed by atoms with Gasteiger partial charge in [0.05, 0.1) is 19.5 Å². The second kappa shape index (κ2) is 8.14. The Labute approximate surface area is 124 Å². The molecular formula is C11H18Cl2N4O2. The van der Waals surface area contributed by atoms with Crippen LogP contribution in [0.15, 0.2) is 12.4 Å². The molecule has 0 atom stereocenters. The molecule has 19 heavy (non-hydrogen) atoms. The van der Waals surface area contributed by atoms with Crippen molar-refractivity contribution in [1.82, 2.24) is 9.97 Å². The first-order chi connectivity index (χ1) is 8.20. The molecule has 1 aliphatic rings. The zero-order valence-electron chi connectivity index (χ0n) is 10.6. The van der Waals surface area contributed by atoms with E-state index in [9.17, 15) is 4.79 Å². The Balaban J connectivity index is 0.00000162. The van der Waals surface area contributed by atoms with Crippen LogP contribution in [0.25, 0.3) is 0 Å². The summed E-state index contributed by atoms with van der Waals surface area (Å²) in [5.74, 6) is 0.314. The average molecular weight is 309 g/mol. The molecule has 1 fully saturated rings. The molecule has 0 unspecified atom stereocenters. The summed E-state index contributed by atoms with van der Waals surface area (Å²) in [7, 11) is 1.32. The number of nitrogens with two attached hydrogens (primary N) is 1. The van der Waals surface area contributed by atoms with Gasteiger partial charge in [-0.2, -0.15) is 0 Å². The highest BCUT2D eigenvalue weighted by molar-refractivity contribution is 5.86. The maximum Gasteiger partial charge on any atom is 0.358 e. The summed E-state index contributed by atoms with van der Waals surface area (Å²) in [6, 6.07) is 0.286. The lowest BCUT2D eigenvalue weighted by atomic mass is 10.1. The van der Waals surface area contributed by atoms with E-state index in [2.05, 4.69) is 19.6 Å². The van der Waals surface area contributed by atoms with E-state index in [0.717, 1.165) is 31.7 Å². The number of esters is 1. The van der Waals surface area contributed by atoms with Gasteiger partial charge in [-0.05, 0) is 12.8 Å². The first-order valence-electron chi connectivity index (χ1n) is 5.61. The van der Waals surface area contributed by atoms with E-state index in [1.807, 2.05) is 0 Å². The topological polar surface area (TPSA) is 81.3 Å². The Bertz CT molecular complexity index is 394. The molecule has 0 aliphatic carbocycles. The third-order valence-electron chi connectivity index (χ3n) is 2.90. The summed E-state index contributed by atoms with van der Waals surface area (Å²) in [5, 5.41) is 0. The van der Waals surface area contributed by atoms with Crippen LogP contribution in [0.2, 0.25) is 0 Å². The van der Waals surface area contributed by atoms with Gasteiger partial charge in [-0.25, -0.2) is 14.8 Å². The van der Waals surface area contributed by atoms with Crippen LogP contribution in [0.5, 0.6) is 0 Å². The summed E-state index contributed by atoms with van der Waals surface area (Å²) in [4.78, 5) is 21.6. The molecule has 0 aromatic carbocycles. The number of halogens is 2. The van der Waals surface area contributed by atoms with E-state index in [1.165, 1.54) is 13.3 Å². The van der Waals surface area contributed by atoms with Crippen molar-refractivity contribution in [2.75, 3.05) is 25.1 Å². The van der Waals surface area contributed by atoms with Crippen LogP contribution in [-0.4, -0.2) is 42.2 Å². The summed E-state index contributed by atoms with van der Waals surface area (Å²) in [5.41, 5.74) is 6.06. The van der Waals surface area contributed by atoms with Gasteiger partial charge in [-0.15, -0.1) is 24.8 Å². The number of hydrogen-bond donors (Lipinski definition) is 1. The number of piperidine rings is 1. The molecule has 2 N–H and O–H groups in total. The molecular weight excluding hydrogens is 291 g/mol. The van der Waals surface area contributed by atoms with Gasteiger partial charge >= 0.3 is 5.97 Å². The average Bonchev–Trinajstić information content (AvgIpc) is 2.39. The lowest BCUT2D eigenvalue weighted by molar-refractivity contribution is 0.0593. The number of nitrogens with zero attached hydrogens (tertiary/aromatic N) is 3. The number of carbonyl (C=O) groups excluding carboxylic acids is 1. The van der Waals surface area contributed by atoms with Crippen molar-refractivity contribution < 1.29 is 9.53 Å². The van der Waals surface area contributed by atoms with Crippen molar-refractivity contribution in [2.24, 2.45) is 5.73 Å². The Morgan fingerprint density at radius 3 is 2.42 bits per heavy atom. The van der Waals surface area contributed by atoms with E-state index >= 15 is 0 Å². The molecule has 1 saturated heterocycles. The molecule has 0 radical (unpaired) electrons. The lowest BCUT2D eigenvalue weighted by Gasteiger charge is -2.30. The Kier molecular flexibility index (Phi) is 7.66. The minimum absolute atomic E-state index is 0. The second-order valence-electron chi connectivity index (χ2n) is 4.08. The minimum Gasteiger partial charge on any atom is -0.464 e. The van der Waals surface area contributed by atoms with E-state index in [-0.39, 0.29) is 36.5 Å². The number of aromatic nitrogens is 2. The van der Waals surface area contributed by atoms with Gasteiger partial charge in [0.25, 0.3) is 0 Å². The highest BCUT2D eigenvalue weighted by Crippen LogP contribution is 2.15.